The zero-order chi connectivity index (χ0) is 15.3. The van der Waals surface area contributed by atoms with Crippen LogP contribution < -0.4 is 10.1 Å². The van der Waals surface area contributed by atoms with Crippen LogP contribution in [0.5, 0.6) is 5.75 Å². The molecule has 0 fully saturated rings. The second-order valence-electron chi connectivity index (χ2n) is 5.59. The fraction of sp³-hybridized carbons (Fsp3) is 0.667. The summed E-state index contributed by atoms with van der Waals surface area (Å²) in [5, 5.41) is 3.28. The fourth-order valence-electron chi connectivity index (χ4n) is 2.29. The van der Waals surface area contributed by atoms with Crippen molar-refractivity contribution in [1.29, 1.82) is 0 Å². The van der Waals surface area contributed by atoms with Crippen molar-refractivity contribution >= 4 is 0 Å². The largest absolute Gasteiger partial charge is 0.493 e. The summed E-state index contributed by atoms with van der Waals surface area (Å²) in [6.07, 6.45) is 8.49. The molecular formula is C18H30FNO. The van der Waals surface area contributed by atoms with Crippen LogP contribution in [0.4, 0.5) is 4.39 Å². The number of ether oxygens (including phenoxy) is 1. The van der Waals surface area contributed by atoms with Crippen molar-refractivity contribution in [2.45, 2.75) is 65.3 Å². The van der Waals surface area contributed by atoms with Crippen molar-refractivity contribution in [3.8, 4) is 5.75 Å². The maximum absolute atomic E-state index is 13.5. The van der Waals surface area contributed by atoms with Gasteiger partial charge in [0.2, 0.25) is 0 Å². The molecule has 0 saturated carbocycles. The lowest BCUT2D eigenvalue weighted by molar-refractivity contribution is 0.302. The molecule has 0 aliphatic carbocycles. The van der Waals surface area contributed by atoms with Crippen LogP contribution in [0.2, 0.25) is 0 Å². The first kappa shape index (κ1) is 18.0. The highest BCUT2D eigenvalue weighted by atomic mass is 19.1. The van der Waals surface area contributed by atoms with Crippen molar-refractivity contribution < 1.29 is 9.13 Å². The first-order valence-corrected chi connectivity index (χ1v) is 8.39. The first-order valence-electron chi connectivity index (χ1n) is 8.39. The van der Waals surface area contributed by atoms with E-state index in [0.29, 0.717) is 18.9 Å². The summed E-state index contributed by atoms with van der Waals surface area (Å²) in [4.78, 5) is 0. The van der Waals surface area contributed by atoms with E-state index in [9.17, 15) is 4.39 Å². The summed E-state index contributed by atoms with van der Waals surface area (Å²) < 4.78 is 19.2. The van der Waals surface area contributed by atoms with Crippen molar-refractivity contribution in [2.75, 3.05) is 13.2 Å². The second-order valence-corrected chi connectivity index (χ2v) is 5.59. The second kappa shape index (κ2) is 11.6. The molecule has 2 nitrogen and oxygen atoms in total. The Kier molecular flexibility index (Phi) is 9.88. The number of halogens is 1. The van der Waals surface area contributed by atoms with Crippen molar-refractivity contribution in [3.05, 3.63) is 29.6 Å². The predicted molar refractivity (Wildman–Crippen MR) is 87.3 cm³/mol. The number of hydrogen-bond donors (Lipinski definition) is 1. The summed E-state index contributed by atoms with van der Waals surface area (Å²) >= 11 is 0. The fourth-order valence-corrected chi connectivity index (χ4v) is 2.29. The molecule has 0 amide bonds. The first-order chi connectivity index (χ1) is 10.3. The minimum absolute atomic E-state index is 0.219. The third-order valence-corrected chi connectivity index (χ3v) is 3.45. The van der Waals surface area contributed by atoms with Crippen LogP contribution in [0, 0.1) is 5.82 Å². The normalized spacial score (nSPS) is 10.8. The Labute approximate surface area is 129 Å². The molecular weight excluding hydrogens is 265 g/mol. The molecule has 0 aromatic heterocycles. The van der Waals surface area contributed by atoms with Gasteiger partial charge in [-0.15, -0.1) is 0 Å². The van der Waals surface area contributed by atoms with Gasteiger partial charge in [0.25, 0.3) is 0 Å². The van der Waals surface area contributed by atoms with E-state index < -0.39 is 0 Å². The van der Waals surface area contributed by atoms with E-state index in [-0.39, 0.29) is 5.82 Å². The molecule has 0 aliphatic heterocycles. The van der Waals surface area contributed by atoms with Gasteiger partial charge in [0.05, 0.1) is 6.61 Å². The van der Waals surface area contributed by atoms with Crippen LogP contribution in [-0.2, 0) is 6.54 Å². The molecule has 0 unspecified atom stereocenters. The van der Waals surface area contributed by atoms with E-state index in [4.69, 9.17) is 4.74 Å². The summed E-state index contributed by atoms with van der Waals surface area (Å²) in [5.41, 5.74) is 0.946. The van der Waals surface area contributed by atoms with Gasteiger partial charge in [0, 0.05) is 12.6 Å². The number of nitrogens with one attached hydrogen (secondary N) is 1. The molecule has 0 radical (unpaired) electrons. The monoisotopic (exact) mass is 295 g/mol. The predicted octanol–water partition coefficient (Wildman–Crippen LogP) is 5.06. The highest BCUT2D eigenvalue weighted by molar-refractivity contribution is 5.29. The van der Waals surface area contributed by atoms with E-state index >= 15 is 0 Å². The average molecular weight is 295 g/mol. The summed E-state index contributed by atoms with van der Waals surface area (Å²) in [6.45, 7) is 6.66. The molecule has 0 heterocycles. The molecule has 1 aromatic rings. The van der Waals surface area contributed by atoms with E-state index in [1.807, 2.05) is 6.07 Å². The Hall–Kier alpha value is -1.09. The Morgan fingerprint density at radius 1 is 0.952 bits per heavy atom. The van der Waals surface area contributed by atoms with Crippen molar-refractivity contribution in [1.82, 2.24) is 5.32 Å². The van der Waals surface area contributed by atoms with E-state index in [1.165, 1.54) is 38.2 Å². The summed E-state index contributed by atoms with van der Waals surface area (Å²) in [5.74, 6) is 0.431. The average Bonchev–Trinajstić information content (AvgIpc) is 2.46. The maximum Gasteiger partial charge on any atom is 0.127 e. The molecule has 0 saturated heterocycles. The zero-order valence-corrected chi connectivity index (χ0v) is 13.6. The summed E-state index contributed by atoms with van der Waals surface area (Å²) in [7, 11) is 0. The topological polar surface area (TPSA) is 21.3 Å². The van der Waals surface area contributed by atoms with E-state index in [1.54, 1.807) is 6.07 Å². The lowest BCUT2D eigenvalue weighted by Crippen LogP contribution is -2.14. The number of rotatable bonds is 12. The van der Waals surface area contributed by atoms with Gasteiger partial charge in [-0.05, 0) is 37.1 Å². The van der Waals surface area contributed by atoms with Gasteiger partial charge in [-0.1, -0.05) is 46.0 Å². The molecule has 0 bridgehead atoms. The Morgan fingerprint density at radius 3 is 2.48 bits per heavy atom. The maximum atomic E-state index is 13.5. The van der Waals surface area contributed by atoms with Crippen molar-refractivity contribution in [2.24, 2.45) is 0 Å². The van der Waals surface area contributed by atoms with Gasteiger partial charge in [-0.2, -0.15) is 0 Å². The van der Waals surface area contributed by atoms with Gasteiger partial charge in [0.15, 0.2) is 0 Å². The molecule has 21 heavy (non-hydrogen) atoms. The molecule has 0 atom stereocenters. The van der Waals surface area contributed by atoms with Gasteiger partial charge in [-0.3, -0.25) is 0 Å². The van der Waals surface area contributed by atoms with E-state index in [0.717, 1.165) is 24.9 Å². The Bertz CT molecular complexity index is 381. The SMILES string of the molecule is CCCCCCCCOc1cc(F)cc(CNCCC)c1. The quantitative estimate of drug-likeness (QED) is 0.544. The molecule has 1 aromatic carbocycles. The Balaban J connectivity index is 2.27. The van der Waals surface area contributed by atoms with Crippen LogP contribution in [-0.4, -0.2) is 13.2 Å². The molecule has 0 aliphatic rings. The van der Waals surface area contributed by atoms with Crippen molar-refractivity contribution in [3.63, 3.8) is 0 Å². The standard InChI is InChI=1S/C18H30FNO/c1-3-5-6-7-8-9-11-21-18-13-16(12-17(19)14-18)15-20-10-4-2/h12-14,20H,3-11,15H2,1-2H3. The number of unbranched alkanes of at least 4 members (excludes halogenated alkanes) is 5. The summed E-state index contributed by atoms with van der Waals surface area (Å²) in [6, 6.07) is 4.98. The number of hydrogen-bond acceptors (Lipinski definition) is 2. The van der Waals surface area contributed by atoms with Crippen LogP contribution in [0.3, 0.4) is 0 Å². The zero-order valence-electron chi connectivity index (χ0n) is 13.6. The highest BCUT2D eigenvalue weighted by Gasteiger charge is 2.02. The van der Waals surface area contributed by atoms with E-state index in [2.05, 4.69) is 19.2 Å². The van der Waals surface area contributed by atoms with Crippen LogP contribution in [0.15, 0.2) is 18.2 Å². The van der Waals surface area contributed by atoms with Gasteiger partial charge in [-0.25, -0.2) is 4.39 Å². The van der Waals surface area contributed by atoms with Gasteiger partial charge < -0.3 is 10.1 Å². The lowest BCUT2D eigenvalue weighted by Gasteiger charge is -2.09. The Morgan fingerprint density at radius 2 is 1.71 bits per heavy atom. The third kappa shape index (κ3) is 8.71. The minimum Gasteiger partial charge on any atom is -0.493 e. The molecule has 1 N–H and O–H groups in total. The van der Waals surface area contributed by atoms with Crippen LogP contribution in [0.25, 0.3) is 0 Å². The minimum atomic E-state index is -0.219. The molecule has 3 heteroatoms. The van der Waals surface area contributed by atoms with Gasteiger partial charge >= 0.3 is 0 Å². The highest BCUT2D eigenvalue weighted by Crippen LogP contribution is 2.17. The molecule has 120 valence electrons. The molecule has 1 rings (SSSR count). The number of benzene rings is 1. The third-order valence-electron chi connectivity index (χ3n) is 3.45. The lowest BCUT2D eigenvalue weighted by atomic mass is 10.1. The molecule has 0 spiro atoms. The smallest absolute Gasteiger partial charge is 0.127 e. The van der Waals surface area contributed by atoms with Crippen LogP contribution in [0.1, 0.15) is 64.4 Å². The van der Waals surface area contributed by atoms with Gasteiger partial charge in [0.1, 0.15) is 11.6 Å². The van der Waals surface area contributed by atoms with Crippen LogP contribution >= 0.6 is 0 Å².